The molecule has 2 N–H and O–H groups in total. The summed E-state index contributed by atoms with van der Waals surface area (Å²) in [6.07, 6.45) is 0. The van der Waals surface area contributed by atoms with Crippen molar-refractivity contribution in [2.24, 2.45) is 0 Å². The maximum atomic E-state index is 13.1. The molecule has 0 aliphatic carbocycles. The number of benzene rings is 3. The molecule has 0 atom stereocenters. The van der Waals surface area contributed by atoms with Crippen molar-refractivity contribution < 1.29 is 13.2 Å². The number of amides is 1. The fourth-order valence-electron chi connectivity index (χ4n) is 3.00. The Balaban J connectivity index is 1.57. The Bertz CT molecular complexity index is 1290. The topological polar surface area (TPSA) is 101 Å². The van der Waals surface area contributed by atoms with Crippen molar-refractivity contribution in [3.63, 3.8) is 0 Å². The minimum absolute atomic E-state index is 0.0475. The van der Waals surface area contributed by atoms with Crippen molar-refractivity contribution >= 4 is 44.0 Å². The zero-order valence-corrected chi connectivity index (χ0v) is 18.9. The number of carbonyl (C=O) groups excluding carboxylic acids is 1. The van der Waals surface area contributed by atoms with Crippen LogP contribution in [0.25, 0.3) is 0 Å². The van der Waals surface area contributed by atoms with E-state index < -0.39 is 22.0 Å². The Morgan fingerprint density at radius 1 is 0.844 bits per heavy atom. The van der Waals surface area contributed by atoms with Gasteiger partial charge in [-0.2, -0.15) is 4.72 Å². The van der Waals surface area contributed by atoms with E-state index in [1.54, 1.807) is 24.3 Å². The molecule has 32 heavy (non-hydrogen) atoms. The summed E-state index contributed by atoms with van der Waals surface area (Å²) in [7, 11) is -4.03. The maximum absolute atomic E-state index is 13.1. The number of rotatable bonds is 7. The Morgan fingerprint density at radius 3 is 2.00 bits per heavy atom. The molecule has 0 aliphatic heterocycles. The fraction of sp³-hybridized carbons (Fsp3) is 0.0455. The van der Waals surface area contributed by atoms with Crippen LogP contribution in [0.3, 0.4) is 0 Å². The van der Waals surface area contributed by atoms with Crippen molar-refractivity contribution in [1.29, 1.82) is 0 Å². The number of halogens is 1. The molecule has 0 unspecified atom stereocenters. The van der Waals surface area contributed by atoms with Gasteiger partial charge in [0.15, 0.2) is 0 Å². The molecule has 7 nitrogen and oxygen atoms in total. The average molecular weight is 485 g/mol. The first-order valence-corrected chi connectivity index (χ1v) is 12.1. The van der Waals surface area contributed by atoms with Crippen LogP contribution in [0.1, 0.15) is 27.5 Å². The highest BCUT2D eigenvalue weighted by Crippen LogP contribution is 2.27. The molecular weight excluding hydrogens is 468 g/mol. The lowest BCUT2D eigenvalue weighted by Gasteiger charge is -2.18. The molecule has 0 fully saturated rings. The van der Waals surface area contributed by atoms with E-state index in [1.165, 1.54) is 0 Å². The Morgan fingerprint density at radius 2 is 1.41 bits per heavy atom. The van der Waals surface area contributed by atoms with Crippen LogP contribution in [-0.4, -0.2) is 24.5 Å². The van der Waals surface area contributed by atoms with Gasteiger partial charge in [-0.05, 0) is 23.3 Å². The van der Waals surface area contributed by atoms with E-state index in [4.69, 9.17) is 11.6 Å². The van der Waals surface area contributed by atoms with Gasteiger partial charge in [0.25, 0.3) is 15.9 Å². The van der Waals surface area contributed by atoms with E-state index in [2.05, 4.69) is 20.2 Å². The lowest BCUT2D eigenvalue weighted by molar-refractivity contribution is 0.102. The van der Waals surface area contributed by atoms with Crippen molar-refractivity contribution in [2.45, 2.75) is 10.4 Å². The zero-order chi connectivity index (χ0) is 22.6. The minimum Gasteiger partial charge on any atom is -0.296 e. The monoisotopic (exact) mass is 484 g/mol. The third-order valence-electron chi connectivity index (χ3n) is 4.51. The Labute approximate surface area is 194 Å². The van der Waals surface area contributed by atoms with E-state index in [9.17, 15) is 13.2 Å². The lowest BCUT2D eigenvalue weighted by atomic mass is 10.00. The standard InChI is InChI=1S/C22H17ClN4O3S2/c23-18-14-8-7-13-17(18)20(28)24-21-25-26-22(31-21)32(29,30)27-19(15-9-3-1-4-10-15)16-11-5-2-6-12-16/h1-14,19,27H,(H,24,25,28). The number of sulfonamides is 1. The van der Waals surface area contributed by atoms with E-state index in [1.807, 2.05) is 60.7 Å². The summed E-state index contributed by atoms with van der Waals surface area (Å²) in [6.45, 7) is 0. The quantitative estimate of drug-likeness (QED) is 0.376. The average Bonchev–Trinajstić information content (AvgIpc) is 3.28. The number of nitrogens with zero attached hydrogens (tertiary/aromatic N) is 2. The predicted molar refractivity (Wildman–Crippen MR) is 124 cm³/mol. The molecule has 1 amide bonds. The molecule has 0 saturated heterocycles. The van der Waals surface area contributed by atoms with E-state index >= 15 is 0 Å². The van der Waals surface area contributed by atoms with Gasteiger partial charge in [0.2, 0.25) is 9.47 Å². The largest absolute Gasteiger partial charge is 0.296 e. The Kier molecular flexibility index (Phi) is 6.61. The van der Waals surface area contributed by atoms with Gasteiger partial charge in [-0.1, -0.05) is 95.7 Å². The molecule has 3 aromatic carbocycles. The van der Waals surface area contributed by atoms with Gasteiger partial charge in [-0.3, -0.25) is 10.1 Å². The van der Waals surface area contributed by atoms with Crippen LogP contribution in [0, 0.1) is 0 Å². The van der Waals surface area contributed by atoms with Crippen molar-refractivity contribution in [3.8, 4) is 0 Å². The number of hydrogen-bond donors (Lipinski definition) is 2. The summed E-state index contributed by atoms with van der Waals surface area (Å²) in [6, 6.07) is 24.4. The number of hydrogen-bond acceptors (Lipinski definition) is 6. The summed E-state index contributed by atoms with van der Waals surface area (Å²) in [4.78, 5) is 12.4. The first kappa shape index (κ1) is 22.1. The molecule has 1 heterocycles. The molecule has 4 aromatic rings. The van der Waals surface area contributed by atoms with Gasteiger partial charge in [0.05, 0.1) is 16.6 Å². The highest BCUT2D eigenvalue weighted by molar-refractivity contribution is 7.91. The smallest absolute Gasteiger partial charge is 0.270 e. The Hall–Kier alpha value is -3.11. The molecular formula is C22H17ClN4O3S2. The molecule has 162 valence electrons. The molecule has 0 saturated carbocycles. The summed E-state index contributed by atoms with van der Waals surface area (Å²) >= 11 is 6.79. The van der Waals surface area contributed by atoms with E-state index in [0.29, 0.717) is 0 Å². The van der Waals surface area contributed by atoms with Crippen LogP contribution in [0.15, 0.2) is 89.3 Å². The highest BCUT2D eigenvalue weighted by Gasteiger charge is 2.27. The second-order valence-electron chi connectivity index (χ2n) is 6.68. The van der Waals surface area contributed by atoms with Crippen LogP contribution in [0.5, 0.6) is 0 Å². The first-order valence-electron chi connectivity index (χ1n) is 9.45. The second kappa shape index (κ2) is 9.58. The third-order valence-corrected chi connectivity index (χ3v) is 7.47. The van der Waals surface area contributed by atoms with Crippen LogP contribution in [0.2, 0.25) is 5.02 Å². The molecule has 0 aliphatic rings. The molecule has 1 aromatic heterocycles. The number of carbonyl (C=O) groups is 1. The number of nitrogens with one attached hydrogen (secondary N) is 2. The number of aromatic nitrogens is 2. The summed E-state index contributed by atoms with van der Waals surface area (Å²) in [5.41, 5.74) is 1.80. The van der Waals surface area contributed by atoms with Crippen LogP contribution in [-0.2, 0) is 10.0 Å². The highest BCUT2D eigenvalue weighted by atomic mass is 35.5. The van der Waals surface area contributed by atoms with Gasteiger partial charge in [0, 0.05) is 0 Å². The molecule has 0 bridgehead atoms. The maximum Gasteiger partial charge on any atom is 0.270 e. The normalized spacial score (nSPS) is 11.4. The minimum atomic E-state index is -4.03. The molecule has 4 rings (SSSR count). The predicted octanol–water partition coefficient (Wildman–Crippen LogP) is 4.51. The van der Waals surface area contributed by atoms with Crippen molar-refractivity contribution in [1.82, 2.24) is 14.9 Å². The zero-order valence-electron chi connectivity index (χ0n) is 16.5. The van der Waals surface area contributed by atoms with Gasteiger partial charge < -0.3 is 0 Å². The number of anilines is 1. The van der Waals surface area contributed by atoms with Gasteiger partial charge in [-0.15, -0.1) is 10.2 Å². The van der Waals surface area contributed by atoms with Crippen LogP contribution in [0.4, 0.5) is 5.13 Å². The second-order valence-corrected chi connectivity index (χ2v) is 9.96. The van der Waals surface area contributed by atoms with Crippen molar-refractivity contribution in [3.05, 3.63) is 107 Å². The molecule has 0 radical (unpaired) electrons. The SMILES string of the molecule is O=C(Nc1nnc(S(=O)(=O)NC(c2ccccc2)c2ccccc2)s1)c1ccccc1Cl. The lowest BCUT2D eigenvalue weighted by Crippen LogP contribution is -2.29. The van der Waals surface area contributed by atoms with Gasteiger partial charge in [0.1, 0.15) is 0 Å². The van der Waals surface area contributed by atoms with Gasteiger partial charge in [-0.25, -0.2) is 8.42 Å². The molecule has 0 spiro atoms. The van der Waals surface area contributed by atoms with Gasteiger partial charge >= 0.3 is 0 Å². The van der Waals surface area contributed by atoms with E-state index in [0.717, 1.165) is 22.5 Å². The first-order chi connectivity index (χ1) is 15.4. The van der Waals surface area contributed by atoms with Crippen LogP contribution >= 0.6 is 22.9 Å². The summed E-state index contributed by atoms with van der Waals surface area (Å²) < 4.78 is 28.6. The van der Waals surface area contributed by atoms with E-state index in [-0.39, 0.29) is 20.1 Å². The molecule has 10 heteroatoms. The third kappa shape index (κ3) is 5.03. The van der Waals surface area contributed by atoms with Crippen LogP contribution < -0.4 is 10.0 Å². The summed E-state index contributed by atoms with van der Waals surface area (Å²) in [5.74, 6) is -0.505. The van der Waals surface area contributed by atoms with Crippen molar-refractivity contribution in [2.75, 3.05) is 5.32 Å². The summed E-state index contributed by atoms with van der Waals surface area (Å²) in [5, 5.41) is 10.4. The fourth-order valence-corrected chi connectivity index (χ4v) is 5.35.